The molecule has 1 aliphatic rings. The summed E-state index contributed by atoms with van der Waals surface area (Å²) in [7, 11) is -0.673. The van der Waals surface area contributed by atoms with Crippen molar-refractivity contribution in [2.45, 2.75) is 6.92 Å². The predicted octanol–water partition coefficient (Wildman–Crippen LogP) is 2.27. The van der Waals surface area contributed by atoms with Crippen molar-refractivity contribution in [2.75, 3.05) is 29.6 Å². The van der Waals surface area contributed by atoms with Gasteiger partial charge in [-0.15, -0.1) is 0 Å². The van der Waals surface area contributed by atoms with E-state index in [1.807, 2.05) is 0 Å². The SMILES string of the molecule is COc1ccc(NC(=O)c2ccc(N3C(=O)[C@H](C)CS3(=O)=O)cc2)c(OC)c1. The quantitative estimate of drug-likeness (QED) is 0.820. The molecule has 0 bridgehead atoms. The van der Waals surface area contributed by atoms with Gasteiger partial charge in [-0.1, -0.05) is 6.92 Å². The smallest absolute Gasteiger partial charge is 0.255 e. The highest BCUT2D eigenvalue weighted by Gasteiger charge is 2.41. The third-order valence-corrected chi connectivity index (χ3v) is 6.25. The average molecular weight is 404 g/mol. The van der Waals surface area contributed by atoms with Gasteiger partial charge in [0.1, 0.15) is 11.5 Å². The number of amides is 2. The Balaban J connectivity index is 1.81. The van der Waals surface area contributed by atoms with Gasteiger partial charge in [0.2, 0.25) is 15.9 Å². The van der Waals surface area contributed by atoms with E-state index in [4.69, 9.17) is 9.47 Å². The zero-order valence-corrected chi connectivity index (χ0v) is 16.4. The first kappa shape index (κ1) is 19.7. The van der Waals surface area contributed by atoms with E-state index < -0.39 is 27.8 Å². The number of carbonyl (C=O) groups is 2. The van der Waals surface area contributed by atoms with Gasteiger partial charge in [-0.2, -0.15) is 0 Å². The molecule has 8 nitrogen and oxygen atoms in total. The summed E-state index contributed by atoms with van der Waals surface area (Å²) in [6.45, 7) is 1.57. The molecule has 1 heterocycles. The topological polar surface area (TPSA) is 102 Å². The van der Waals surface area contributed by atoms with Crippen LogP contribution in [0.5, 0.6) is 11.5 Å². The summed E-state index contributed by atoms with van der Waals surface area (Å²) < 4.78 is 35.5. The maximum atomic E-state index is 12.5. The Morgan fingerprint density at radius 1 is 1.11 bits per heavy atom. The number of anilines is 2. The van der Waals surface area contributed by atoms with E-state index in [1.54, 1.807) is 25.1 Å². The molecule has 0 aromatic heterocycles. The highest BCUT2D eigenvalue weighted by Crippen LogP contribution is 2.30. The summed E-state index contributed by atoms with van der Waals surface area (Å²) in [5.74, 6) is -0.655. The van der Waals surface area contributed by atoms with Gasteiger partial charge in [-0.05, 0) is 36.4 Å². The molecule has 1 saturated heterocycles. The number of ether oxygens (including phenoxy) is 2. The van der Waals surface area contributed by atoms with Crippen LogP contribution in [0.2, 0.25) is 0 Å². The largest absolute Gasteiger partial charge is 0.497 e. The number of methoxy groups -OCH3 is 2. The minimum atomic E-state index is -3.68. The van der Waals surface area contributed by atoms with E-state index in [-0.39, 0.29) is 11.4 Å². The van der Waals surface area contributed by atoms with E-state index in [0.717, 1.165) is 4.31 Å². The number of nitrogens with one attached hydrogen (secondary N) is 1. The Labute approximate surface area is 163 Å². The second-order valence-electron chi connectivity index (χ2n) is 6.35. The molecule has 9 heteroatoms. The molecule has 2 aromatic carbocycles. The lowest BCUT2D eigenvalue weighted by Gasteiger charge is -2.16. The fraction of sp³-hybridized carbons (Fsp3) is 0.263. The summed E-state index contributed by atoms with van der Waals surface area (Å²) in [5.41, 5.74) is 0.982. The van der Waals surface area contributed by atoms with E-state index in [9.17, 15) is 18.0 Å². The van der Waals surface area contributed by atoms with Gasteiger partial charge in [0.15, 0.2) is 0 Å². The summed E-state index contributed by atoms with van der Waals surface area (Å²) in [5, 5.41) is 2.73. The number of hydrogen-bond acceptors (Lipinski definition) is 6. The third-order valence-electron chi connectivity index (χ3n) is 4.38. The summed E-state index contributed by atoms with van der Waals surface area (Å²) in [4.78, 5) is 24.7. The lowest BCUT2D eigenvalue weighted by atomic mass is 10.1. The summed E-state index contributed by atoms with van der Waals surface area (Å²) in [6, 6.07) is 10.8. The van der Waals surface area contributed by atoms with Gasteiger partial charge in [-0.25, -0.2) is 12.7 Å². The maximum absolute atomic E-state index is 12.5. The molecule has 0 radical (unpaired) electrons. The second-order valence-corrected chi connectivity index (χ2v) is 8.21. The molecule has 148 valence electrons. The van der Waals surface area contributed by atoms with Crippen molar-refractivity contribution < 1.29 is 27.5 Å². The monoisotopic (exact) mass is 404 g/mol. The molecular formula is C19H20N2O6S. The van der Waals surface area contributed by atoms with Crippen LogP contribution < -0.4 is 19.1 Å². The molecule has 0 aliphatic carbocycles. The molecule has 2 aromatic rings. The van der Waals surface area contributed by atoms with E-state index in [2.05, 4.69) is 5.32 Å². The molecule has 1 aliphatic heterocycles. The van der Waals surface area contributed by atoms with Crippen LogP contribution in [0.4, 0.5) is 11.4 Å². The zero-order chi connectivity index (χ0) is 20.5. The second kappa shape index (κ2) is 7.51. The Morgan fingerprint density at radius 3 is 2.32 bits per heavy atom. The average Bonchev–Trinajstić information content (AvgIpc) is 2.88. The van der Waals surface area contributed by atoms with Crippen molar-refractivity contribution in [2.24, 2.45) is 5.92 Å². The van der Waals surface area contributed by atoms with Crippen LogP contribution in [0.15, 0.2) is 42.5 Å². The molecule has 3 rings (SSSR count). The van der Waals surface area contributed by atoms with Crippen LogP contribution in [-0.2, 0) is 14.8 Å². The van der Waals surface area contributed by atoms with Crippen molar-refractivity contribution in [3.63, 3.8) is 0 Å². The normalized spacial score (nSPS) is 18.0. The Morgan fingerprint density at radius 2 is 1.79 bits per heavy atom. The van der Waals surface area contributed by atoms with Gasteiger partial charge in [0, 0.05) is 11.6 Å². The van der Waals surface area contributed by atoms with E-state index in [0.29, 0.717) is 22.7 Å². The molecule has 0 spiro atoms. The molecule has 1 N–H and O–H groups in total. The highest BCUT2D eigenvalue weighted by molar-refractivity contribution is 7.94. The zero-order valence-electron chi connectivity index (χ0n) is 15.6. The first-order chi connectivity index (χ1) is 13.3. The van der Waals surface area contributed by atoms with Crippen molar-refractivity contribution in [1.29, 1.82) is 0 Å². The van der Waals surface area contributed by atoms with Crippen molar-refractivity contribution in [3.05, 3.63) is 48.0 Å². The lowest BCUT2D eigenvalue weighted by Crippen LogP contribution is -2.30. The van der Waals surface area contributed by atoms with E-state index in [1.165, 1.54) is 38.5 Å². The Kier molecular flexibility index (Phi) is 5.28. The van der Waals surface area contributed by atoms with Gasteiger partial charge >= 0.3 is 0 Å². The number of benzene rings is 2. The molecule has 28 heavy (non-hydrogen) atoms. The highest BCUT2D eigenvalue weighted by atomic mass is 32.2. The fourth-order valence-corrected chi connectivity index (χ4v) is 4.75. The third kappa shape index (κ3) is 3.65. The first-order valence-electron chi connectivity index (χ1n) is 8.47. The Bertz CT molecular complexity index is 1020. The minimum Gasteiger partial charge on any atom is -0.497 e. The van der Waals surface area contributed by atoms with Crippen LogP contribution in [0.3, 0.4) is 0 Å². The first-order valence-corrected chi connectivity index (χ1v) is 10.1. The number of sulfonamides is 1. The number of nitrogens with zero attached hydrogens (tertiary/aromatic N) is 1. The van der Waals surface area contributed by atoms with Crippen LogP contribution in [-0.4, -0.2) is 40.2 Å². The van der Waals surface area contributed by atoms with Crippen molar-refractivity contribution >= 4 is 33.2 Å². The standard InChI is InChI=1S/C19H20N2O6S/c1-12-11-28(24,25)21(19(12)23)14-6-4-13(5-7-14)18(22)20-16-9-8-15(26-2)10-17(16)27-3/h4-10,12H,11H2,1-3H3,(H,20,22)/t12-/m1/s1. The van der Waals surface area contributed by atoms with Crippen molar-refractivity contribution in [3.8, 4) is 11.5 Å². The van der Waals surface area contributed by atoms with E-state index >= 15 is 0 Å². The minimum absolute atomic E-state index is 0.216. The van der Waals surface area contributed by atoms with Gasteiger partial charge < -0.3 is 14.8 Å². The molecule has 0 saturated carbocycles. The number of carbonyl (C=O) groups excluding carboxylic acids is 2. The van der Waals surface area contributed by atoms with Gasteiger partial charge in [0.05, 0.1) is 37.3 Å². The number of hydrogen-bond donors (Lipinski definition) is 1. The molecule has 1 fully saturated rings. The lowest BCUT2D eigenvalue weighted by molar-refractivity contribution is -0.119. The van der Waals surface area contributed by atoms with Crippen molar-refractivity contribution in [1.82, 2.24) is 0 Å². The summed E-state index contributed by atoms with van der Waals surface area (Å²) in [6.07, 6.45) is 0. The Hall–Kier alpha value is -3.07. The summed E-state index contributed by atoms with van der Waals surface area (Å²) >= 11 is 0. The molecule has 1 atom stereocenters. The molecule has 2 amide bonds. The number of rotatable bonds is 5. The maximum Gasteiger partial charge on any atom is 0.255 e. The van der Waals surface area contributed by atoms with Gasteiger partial charge in [0.25, 0.3) is 5.91 Å². The molecule has 0 unspecified atom stereocenters. The van der Waals surface area contributed by atoms with Crippen LogP contribution in [0, 0.1) is 5.92 Å². The van der Waals surface area contributed by atoms with Crippen LogP contribution in [0.1, 0.15) is 17.3 Å². The fourth-order valence-electron chi connectivity index (χ4n) is 2.93. The van der Waals surface area contributed by atoms with Crippen LogP contribution >= 0.6 is 0 Å². The molecular weight excluding hydrogens is 384 g/mol. The van der Waals surface area contributed by atoms with Crippen LogP contribution in [0.25, 0.3) is 0 Å². The van der Waals surface area contributed by atoms with Gasteiger partial charge in [-0.3, -0.25) is 9.59 Å². The predicted molar refractivity (Wildman–Crippen MR) is 104 cm³/mol.